The highest BCUT2D eigenvalue weighted by Crippen LogP contribution is 2.34. The maximum absolute atomic E-state index is 13.2. The molecule has 0 bridgehead atoms. The number of benzene rings is 3. The Morgan fingerprint density at radius 1 is 0.930 bits per heavy atom. The lowest BCUT2D eigenvalue weighted by molar-refractivity contribution is -0.225. The van der Waals surface area contributed by atoms with Gasteiger partial charge in [0, 0.05) is 0 Å². The molecule has 0 spiro atoms. The van der Waals surface area contributed by atoms with E-state index < -0.39 is 35.7 Å². The van der Waals surface area contributed by atoms with Crippen molar-refractivity contribution in [1.29, 1.82) is 0 Å². The van der Waals surface area contributed by atoms with Gasteiger partial charge >= 0.3 is 5.97 Å². The molecule has 1 aliphatic rings. The topological polar surface area (TPSA) is 102 Å². The molecule has 3 aromatic rings. The Morgan fingerprint density at radius 3 is 2.02 bits per heavy atom. The molecule has 1 N–H and O–H groups in total. The smallest absolute Gasteiger partial charge is 0.338 e. The maximum atomic E-state index is 13.2. The highest BCUT2D eigenvalue weighted by Gasteiger charge is 2.53. The van der Waals surface area contributed by atoms with E-state index in [2.05, 4.69) is 6.58 Å². The van der Waals surface area contributed by atoms with Crippen LogP contribution in [0.25, 0.3) is 0 Å². The lowest BCUT2D eigenvalue weighted by Gasteiger charge is -2.40. The van der Waals surface area contributed by atoms with Crippen molar-refractivity contribution in [3.63, 3.8) is 0 Å². The van der Waals surface area contributed by atoms with Crippen molar-refractivity contribution in [2.24, 2.45) is 0 Å². The molecule has 4 rings (SSSR count). The van der Waals surface area contributed by atoms with Gasteiger partial charge in [0.2, 0.25) is 0 Å². The molecule has 0 aliphatic carbocycles. The van der Waals surface area contributed by atoms with Crippen molar-refractivity contribution < 1.29 is 43.1 Å². The first kappa shape index (κ1) is 32.5. The fourth-order valence-electron chi connectivity index (χ4n) is 4.65. The van der Waals surface area contributed by atoms with Crippen molar-refractivity contribution in [3.05, 3.63) is 120 Å². The van der Waals surface area contributed by atoms with Crippen LogP contribution in [-0.4, -0.2) is 67.6 Å². The molecule has 0 unspecified atom stereocenters. The molecular formula is C34H40O9. The minimum atomic E-state index is -1.98. The van der Waals surface area contributed by atoms with E-state index in [0.29, 0.717) is 18.8 Å². The number of hydrogen-bond donors (Lipinski definition) is 1. The van der Waals surface area contributed by atoms with E-state index in [1.165, 1.54) is 6.08 Å². The average molecular weight is 593 g/mol. The second-order valence-electron chi connectivity index (χ2n) is 10.6. The first-order valence-electron chi connectivity index (χ1n) is 14.2. The molecular weight excluding hydrogens is 552 g/mol. The second kappa shape index (κ2) is 15.9. The van der Waals surface area contributed by atoms with Crippen LogP contribution in [0.5, 0.6) is 0 Å². The van der Waals surface area contributed by atoms with Crippen LogP contribution in [0, 0.1) is 0 Å². The minimum Gasteiger partial charge on any atom is -0.452 e. The summed E-state index contributed by atoms with van der Waals surface area (Å²) in [6.45, 7) is 7.68. The largest absolute Gasteiger partial charge is 0.452 e. The molecule has 4 atom stereocenters. The van der Waals surface area contributed by atoms with E-state index >= 15 is 0 Å². The molecule has 0 radical (unpaired) electrons. The van der Waals surface area contributed by atoms with Crippen LogP contribution in [0.3, 0.4) is 0 Å². The summed E-state index contributed by atoms with van der Waals surface area (Å²) in [6, 6.07) is 27.8. The number of rotatable bonds is 17. The van der Waals surface area contributed by atoms with Gasteiger partial charge in [-0.2, -0.15) is 0 Å². The lowest BCUT2D eigenvalue weighted by atomic mass is 9.86. The Morgan fingerprint density at radius 2 is 1.49 bits per heavy atom. The number of ether oxygens (including phenoxy) is 7. The molecule has 1 heterocycles. The summed E-state index contributed by atoms with van der Waals surface area (Å²) in [5.74, 6) is -1.61. The van der Waals surface area contributed by atoms with Crippen molar-refractivity contribution in [1.82, 2.24) is 0 Å². The summed E-state index contributed by atoms with van der Waals surface area (Å²) in [6.07, 6.45) is -1.92. The van der Waals surface area contributed by atoms with E-state index in [4.69, 9.17) is 33.2 Å². The number of hydrogen-bond acceptors (Lipinski definition) is 9. The predicted octanol–water partition coefficient (Wildman–Crippen LogP) is 5.03. The minimum absolute atomic E-state index is 0.0636. The van der Waals surface area contributed by atoms with Gasteiger partial charge in [-0.1, -0.05) is 91.5 Å². The zero-order chi connectivity index (χ0) is 30.5. The Labute approximate surface area is 252 Å². The zero-order valence-electron chi connectivity index (χ0n) is 24.6. The van der Waals surface area contributed by atoms with Gasteiger partial charge in [0.15, 0.2) is 17.5 Å². The van der Waals surface area contributed by atoms with Crippen LogP contribution in [0.4, 0.5) is 0 Å². The van der Waals surface area contributed by atoms with Gasteiger partial charge < -0.3 is 38.3 Å². The Hall–Kier alpha value is -3.41. The lowest BCUT2D eigenvalue weighted by Crippen LogP contribution is -2.60. The van der Waals surface area contributed by atoms with Gasteiger partial charge in [-0.3, -0.25) is 0 Å². The quantitative estimate of drug-likeness (QED) is 0.100. The molecule has 1 fully saturated rings. The summed E-state index contributed by atoms with van der Waals surface area (Å²) in [5, 5.41) is 12.2. The average Bonchev–Trinajstić information content (AvgIpc) is 3.40. The van der Waals surface area contributed by atoms with Gasteiger partial charge in [-0.25, -0.2) is 4.79 Å². The fourth-order valence-corrected chi connectivity index (χ4v) is 4.65. The summed E-state index contributed by atoms with van der Waals surface area (Å²) >= 11 is 0. The maximum Gasteiger partial charge on any atom is 0.338 e. The summed E-state index contributed by atoms with van der Waals surface area (Å²) in [5.41, 5.74) is 0.283. The van der Waals surface area contributed by atoms with Gasteiger partial charge in [0.1, 0.15) is 25.8 Å². The first-order chi connectivity index (χ1) is 20.8. The van der Waals surface area contributed by atoms with Crippen LogP contribution in [0.15, 0.2) is 104 Å². The van der Waals surface area contributed by atoms with Gasteiger partial charge in [-0.15, -0.1) is 0 Å². The number of esters is 1. The van der Waals surface area contributed by atoms with Gasteiger partial charge in [-0.05, 0) is 37.1 Å². The second-order valence-corrected chi connectivity index (χ2v) is 10.6. The summed E-state index contributed by atoms with van der Waals surface area (Å²) < 4.78 is 41.0. The third-order valence-corrected chi connectivity index (χ3v) is 6.92. The molecule has 9 heteroatoms. The number of carbonyl (C=O) groups is 1. The van der Waals surface area contributed by atoms with Crippen LogP contribution in [-0.2, 0) is 46.4 Å². The van der Waals surface area contributed by atoms with Crippen molar-refractivity contribution in [2.75, 3.05) is 26.8 Å². The van der Waals surface area contributed by atoms with Crippen molar-refractivity contribution in [2.45, 2.75) is 56.8 Å². The summed E-state index contributed by atoms with van der Waals surface area (Å²) in [4.78, 5) is 13.2. The Kier molecular flexibility index (Phi) is 12.0. The predicted molar refractivity (Wildman–Crippen MR) is 159 cm³/mol. The van der Waals surface area contributed by atoms with Crippen molar-refractivity contribution in [3.8, 4) is 0 Å². The molecule has 0 aromatic heterocycles. The normalized spacial score (nSPS) is 18.8. The van der Waals surface area contributed by atoms with Gasteiger partial charge in [0.25, 0.3) is 0 Å². The molecule has 230 valence electrons. The van der Waals surface area contributed by atoms with Crippen LogP contribution < -0.4 is 0 Å². The monoisotopic (exact) mass is 592 g/mol. The zero-order valence-corrected chi connectivity index (χ0v) is 24.6. The van der Waals surface area contributed by atoms with E-state index in [-0.39, 0.29) is 26.8 Å². The van der Waals surface area contributed by atoms with Crippen molar-refractivity contribution >= 4 is 5.97 Å². The molecule has 3 aromatic carbocycles. The highest BCUT2D eigenvalue weighted by molar-refractivity contribution is 5.89. The number of aliphatic hydroxyl groups is 1. The molecule has 1 saturated heterocycles. The van der Waals surface area contributed by atoms with Gasteiger partial charge in [0.05, 0.1) is 32.0 Å². The van der Waals surface area contributed by atoms with E-state index in [9.17, 15) is 9.90 Å². The molecule has 0 amide bonds. The van der Waals surface area contributed by atoms with E-state index in [1.807, 2.05) is 60.7 Å². The summed E-state index contributed by atoms with van der Waals surface area (Å²) in [7, 11) is 0. The molecule has 0 saturated carbocycles. The van der Waals surface area contributed by atoms with E-state index in [0.717, 1.165) is 11.1 Å². The Balaban J connectivity index is 1.50. The third kappa shape index (κ3) is 9.54. The Bertz CT molecular complexity index is 1250. The van der Waals surface area contributed by atoms with Crippen LogP contribution in [0.1, 0.15) is 35.3 Å². The molecule has 43 heavy (non-hydrogen) atoms. The number of carbonyl (C=O) groups excluding carboxylic acids is 1. The first-order valence-corrected chi connectivity index (χ1v) is 14.2. The van der Waals surface area contributed by atoms with Crippen LogP contribution >= 0.6 is 0 Å². The fraction of sp³-hybridized carbons (Fsp3) is 0.382. The van der Waals surface area contributed by atoms with Crippen LogP contribution in [0.2, 0.25) is 0 Å². The molecule has 1 aliphatic heterocycles. The standard InChI is InChI=1S/C34H40O9/c1-4-34(36,31(29-22-41-33(2,3)43-29)42-32(35)28-18-12-7-13-19-28)30(40-25-38-21-27-16-10-6-11-17-27)23-39-24-37-20-26-14-8-5-9-15-26/h4-19,29-31,36H,1,20-25H2,2-3H3/t29-,30-,31-,34-/m1/s1. The van der Waals surface area contributed by atoms with E-state index in [1.54, 1.807) is 44.2 Å². The SMILES string of the molecule is C=C[C@](O)([C@H](OC(=O)c1ccccc1)[C@H]1COC(C)(C)O1)[C@@H](COCOCc1ccccc1)OCOCc1ccccc1. The highest BCUT2D eigenvalue weighted by atomic mass is 16.8. The third-order valence-electron chi connectivity index (χ3n) is 6.92. The molecule has 9 nitrogen and oxygen atoms in total.